The first kappa shape index (κ1) is 15.3. The van der Waals surface area contributed by atoms with E-state index in [9.17, 15) is 0 Å². The molecule has 0 saturated carbocycles. The zero-order valence-electron chi connectivity index (χ0n) is 12.4. The molecule has 112 valence electrons. The molecule has 1 saturated heterocycles. The number of hydrogen-bond acceptors (Lipinski definition) is 4. The van der Waals surface area contributed by atoms with Crippen molar-refractivity contribution in [1.82, 2.24) is 5.32 Å². The smallest absolute Gasteiger partial charge is 0.189 e. The van der Waals surface area contributed by atoms with Crippen LogP contribution in [0.1, 0.15) is 32.3 Å². The molecule has 0 radical (unpaired) electrons. The van der Waals surface area contributed by atoms with Gasteiger partial charge in [-0.25, -0.2) is 0 Å². The average Bonchev–Trinajstić information content (AvgIpc) is 3.01. The zero-order chi connectivity index (χ0) is 14.2. The molecule has 0 bridgehead atoms. The van der Waals surface area contributed by atoms with Gasteiger partial charge < -0.3 is 19.5 Å². The molecule has 0 unspecified atom stereocenters. The first-order valence-corrected chi connectivity index (χ1v) is 7.44. The van der Waals surface area contributed by atoms with Crippen LogP contribution in [-0.2, 0) is 16.0 Å². The molecule has 4 nitrogen and oxygen atoms in total. The maximum Gasteiger partial charge on any atom is 0.189 e. The Morgan fingerprint density at radius 3 is 2.80 bits per heavy atom. The molecule has 1 fully saturated rings. The van der Waals surface area contributed by atoms with E-state index in [1.54, 1.807) is 0 Å². The molecule has 4 heteroatoms. The molecule has 0 aromatic heterocycles. The fourth-order valence-electron chi connectivity index (χ4n) is 2.30. The van der Waals surface area contributed by atoms with Gasteiger partial charge in [0.15, 0.2) is 6.79 Å². The molecule has 1 aliphatic heterocycles. The monoisotopic (exact) mass is 279 g/mol. The summed E-state index contributed by atoms with van der Waals surface area (Å²) in [5, 5.41) is 3.52. The Hall–Kier alpha value is -1.10. The van der Waals surface area contributed by atoms with Crippen molar-refractivity contribution in [3.8, 4) is 5.75 Å². The molecule has 1 aliphatic rings. The molecule has 1 aromatic carbocycles. The molecular formula is C16H25NO3. The third-order valence-corrected chi connectivity index (χ3v) is 3.59. The third-order valence-electron chi connectivity index (χ3n) is 3.59. The Bertz CT molecular complexity index is 374. The molecule has 20 heavy (non-hydrogen) atoms. The summed E-state index contributed by atoms with van der Waals surface area (Å²) < 4.78 is 16.3. The van der Waals surface area contributed by atoms with E-state index in [1.165, 1.54) is 18.4 Å². The van der Waals surface area contributed by atoms with Gasteiger partial charge in [0.05, 0.1) is 6.10 Å². The number of nitrogens with one attached hydrogen (secondary N) is 1. The second-order valence-corrected chi connectivity index (χ2v) is 5.12. The van der Waals surface area contributed by atoms with Gasteiger partial charge in [0.1, 0.15) is 5.75 Å². The Morgan fingerprint density at radius 1 is 1.35 bits per heavy atom. The van der Waals surface area contributed by atoms with E-state index >= 15 is 0 Å². The Labute approximate surface area is 121 Å². The van der Waals surface area contributed by atoms with Gasteiger partial charge >= 0.3 is 0 Å². The first-order valence-electron chi connectivity index (χ1n) is 7.44. The van der Waals surface area contributed by atoms with Crippen molar-refractivity contribution in [1.29, 1.82) is 0 Å². The van der Waals surface area contributed by atoms with Crippen LogP contribution in [0.5, 0.6) is 5.75 Å². The lowest BCUT2D eigenvalue weighted by Gasteiger charge is -2.20. The fourth-order valence-corrected chi connectivity index (χ4v) is 2.30. The molecule has 0 amide bonds. The summed E-state index contributed by atoms with van der Waals surface area (Å²) in [6.07, 6.45) is 2.71. The van der Waals surface area contributed by atoms with Crippen LogP contribution in [0.4, 0.5) is 0 Å². The summed E-state index contributed by atoms with van der Waals surface area (Å²) >= 11 is 0. The van der Waals surface area contributed by atoms with Crippen molar-refractivity contribution in [2.24, 2.45) is 0 Å². The minimum Gasteiger partial charge on any atom is -0.468 e. The highest BCUT2D eigenvalue weighted by molar-refractivity contribution is 5.27. The Kier molecular flexibility index (Phi) is 6.30. The number of ether oxygens (including phenoxy) is 3. The number of benzene rings is 1. The van der Waals surface area contributed by atoms with Crippen molar-refractivity contribution < 1.29 is 14.2 Å². The van der Waals surface area contributed by atoms with Crippen molar-refractivity contribution in [3.05, 3.63) is 29.8 Å². The van der Waals surface area contributed by atoms with Gasteiger partial charge in [0.2, 0.25) is 0 Å². The summed E-state index contributed by atoms with van der Waals surface area (Å²) in [6, 6.07) is 8.51. The molecular weight excluding hydrogens is 254 g/mol. The van der Waals surface area contributed by atoms with Crippen LogP contribution in [0.3, 0.4) is 0 Å². The highest BCUT2D eigenvalue weighted by Gasteiger charge is 2.21. The molecule has 1 heterocycles. The van der Waals surface area contributed by atoms with Gasteiger partial charge in [-0.1, -0.05) is 12.1 Å². The van der Waals surface area contributed by atoms with Gasteiger partial charge in [-0.15, -0.1) is 0 Å². The molecule has 2 rings (SSSR count). The van der Waals surface area contributed by atoms with Crippen LogP contribution in [0, 0.1) is 0 Å². The van der Waals surface area contributed by atoms with Gasteiger partial charge in [-0.2, -0.15) is 0 Å². The van der Waals surface area contributed by atoms with Crippen molar-refractivity contribution in [2.75, 3.05) is 20.0 Å². The minimum absolute atomic E-state index is 0.310. The third kappa shape index (κ3) is 4.78. The van der Waals surface area contributed by atoms with Crippen molar-refractivity contribution >= 4 is 0 Å². The fraction of sp³-hybridized carbons (Fsp3) is 0.625. The predicted octanol–water partition coefficient (Wildman–Crippen LogP) is 2.72. The van der Waals surface area contributed by atoms with Crippen LogP contribution >= 0.6 is 0 Å². The van der Waals surface area contributed by atoms with E-state index in [0.717, 1.165) is 18.9 Å². The largest absolute Gasteiger partial charge is 0.468 e. The minimum atomic E-state index is 0.310. The van der Waals surface area contributed by atoms with Crippen molar-refractivity contribution in [3.63, 3.8) is 0 Å². The summed E-state index contributed by atoms with van der Waals surface area (Å²) in [5.41, 5.74) is 1.25. The lowest BCUT2D eigenvalue weighted by Crippen LogP contribution is -2.36. The molecule has 2 atom stereocenters. The van der Waals surface area contributed by atoms with E-state index < -0.39 is 0 Å². The molecule has 0 aliphatic carbocycles. The molecule has 1 N–H and O–H groups in total. The zero-order valence-corrected chi connectivity index (χ0v) is 12.4. The van der Waals surface area contributed by atoms with Crippen molar-refractivity contribution in [2.45, 2.75) is 45.4 Å². The van der Waals surface area contributed by atoms with Gasteiger partial charge in [0.25, 0.3) is 0 Å². The quantitative estimate of drug-likeness (QED) is 0.587. The number of rotatable bonds is 8. The van der Waals surface area contributed by atoms with E-state index in [4.69, 9.17) is 14.2 Å². The Morgan fingerprint density at radius 2 is 2.15 bits per heavy atom. The summed E-state index contributed by atoms with van der Waals surface area (Å²) in [5.74, 6) is 0.842. The van der Waals surface area contributed by atoms with E-state index in [0.29, 0.717) is 25.5 Å². The van der Waals surface area contributed by atoms with Crippen LogP contribution in [-0.4, -0.2) is 32.2 Å². The second kappa shape index (κ2) is 8.25. The lowest BCUT2D eigenvalue weighted by atomic mass is 10.1. The standard InChI is InChI=1S/C16H25NO3/c1-3-18-12-20-15-8-6-14(7-9-15)11-17-13(2)16-5-4-10-19-16/h6-9,13,16-17H,3-5,10-12H2,1-2H3/t13-,16-/m0/s1. The maximum atomic E-state index is 5.68. The van der Waals surface area contributed by atoms with Gasteiger partial charge in [0, 0.05) is 25.8 Å². The highest BCUT2D eigenvalue weighted by Crippen LogP contribution is 2.16. The molecule has 1 aromatic rings. The van der Waals surface area contributed by atoms with E-state index in [-0.39, 0.29) is 0 Å². The summed E-state index contributed by atoms with van der Waals surface area (Å²) in [7, 11) is 0. The van der Waals surface area contributed by atoms with Crippen LogP contribution in [0.2, 0.25) is 0 Å². The topological polar surface area (TPSA) is 39.7 Å². The highest BCUT2D eigenvalue weighted by atomic mass is 16.7. The first-order chi connectivity index (χ1) is 9.79. The molecule has 0 spiro atoms. The number of hydrogen-bond donors (Lipinski definition) is 1. The predicted molar refractivity (Wildman–Crippen MR) is 78.8 cm³/mol. The van der Waals surface area contributed by atoms with Crippen LogP contribution < -0.4 is 10.1 Å². The van der Waals surface area contributed by atoms with E-state index in [1.807, 2.05) is 19.1 Å². The van der Waals surface area contributed by atoms with Crippen LogP contribution in [0.25, 0.3) is 0 Å². The SMILES string of the molecule is CCOCOc1ccc(CN[C@@H](C)[C@@H]2CCCO2)cc1. The normalized spacial score (nSPS) is 20.0. The van der Waals surface area contributed by atoms with Crippen LogP contribution in [0.15, 0.2) is 24.3 Å². The summed E-state index contributed by atoms with van der Waals surface area (Å²) in [4.78, 5) is 0. The Balaban J connectivity index is 1.72. The second-order valence-electron chi connectivity index (χ2n) is 5.12. The average molecular weight is 279 g/mol. The maximum absolute atomic E-state index is 5.68. The van der Waals surface area contributed by atoms with Gasteiger partial charge in [-0.05, 0) is 44.4 Å². The summed E-state index contributed by atoms with van der Waals surface area (Å²) in [6.45, 7) is 6.88. The van der Waals surface area contributed by atoms with E-state index in [2.05, 4.69) is 24.4 Å². The lowest BCUT2D eigenvalue weighted by molar-refractivity contribution is 0.0224. The van der Waals surface area contributed by atoms with Gasteiger partial charge in [-0.3, -0.25) is 0 Å².